The van der Waals surface area contributed by atoms with Crippen LogP contribution < -0.4 is 16.0 Å². The Hall–Kier alpha value is -2.07. The minimum absolute atomic E-state index is 0.0194. The second-order valence-corrected chi connectivity index (χ2v) is 4.40. The van der Waals surface area contributed by atoms with E-state index in [9.17, 15) is 4.79 Å². The predicted molar refractivity (Wildman–Crippen MR) is 75.3 cm³/mol. The van der Waals surface area contributed by atoms with E-state index in [1.54, 1.807) is 16.8 Å². The lowest BCUT2D eigenvalue weighted by molar-refractivity contribution is 0.293. The van der Waals surface area contributed by atoms with E-state index in [0.29, 0.717) is 19.7 Å². The lowest BCUT2D eigenvalue weighted by Crippen LogP contribution is -2.21. The van der Waals surface area contributed by atoms with Crippen molar-refractivity contribution in [2.45, 2.75) is 20.0 Å². The van der Waals surface area contributed by atoms with Gasteiger partial charge in [-0.1, -0.05) is 23.8 Å². The Morgan fingerprint density at radius 3 is 2.84 bits per heavy atom. The number of nitrogens with two attached hydrogens (primary N) is 1. The van der Waals surface area contributed by atoms with Gasteiger partial charge in [-0.3, -0.25) is 4.79 Å². The largest absolute Gasteiger partial charge is 0.491 e. The smallest absolute Gasteiger partial charge is 0.250 e. The third kappa shape index (κ3) is 3.45. The van der Waals surface area contributed by atoms with Gasteiger partial charge in [-0.25, -0.2) is 0 Å². The van der Waals surface area contributed by atoms with Crippen LogP contribution in [0.1, 0.15) is 11.1 Å². The fraction of sp³-hybridized carbons (Fsp3) is 0.267. The molecule has 4 nitrogen and oxygen atoms in total. The number of ether oxygens (including phenoxy) is 1. The normalized spacial score (nSPS) is 10.4. The third-order valence-electron chi connectivity index (χ3n) is 2.92. The molecule has 0 spiro atoms. The molecule has 0 saturated heterocycles. The third-order valence-corrected chi connectivity index (χ3v) is 2.92. The molecular formula is C15H18N2O2. The topological polar surface area (TPSA) is 57.2 Å². The van der Waals surface area contributed by atoms with Crippen LogP contribution in [0.3, 0.4) is 0 Å². The lowest BCUT2D eigenvalue weighted by atomic mass is 10.1. The number of hydrogen-bond donors (Lipinski definition) is 1. The first-order chi connectivity index (χ1) is 9.20. The SMILES string of the molecule is Cc1ccc(OCCn2ccccc2=O)c(CN)c1. The molecule has 0 radical (unpaired) electrons. The Labute approximate surface area is 112 Å². The molecule has 4 heteroatoms. The standard InChI is InChI=1S/C15H18N2O2/c1-12-5-6-14(13(10-12)11-16)19-9-8-17-7-3-2-4-15(17)18/h2-7,10H,8-9,11,16H2,1H3. The van der Waals surface area contributed by atoms with Crippen molar-refractivity contribution in [3.63, 3.8) is 0 Å². The van der Waals surface area contributed by atoms with Gasteiger partial charge in [0.25, 0.3) is 5.56 Å². The van der Waals surface area contributed by atoms with Crippen molar-refractivity contribution in [2.24, 2.45) is 5.73 Å². The summed E-state index contributed by atoms with van der Waals surface area (Å²) in [6.07, 6.45) is 1.75. The van der Waals surface area contributed by atoms with Crippen LogP contribution in [0.25, 0.3) is 0 Å². The molecule has 0 aliphatic heterocycles. The predicted octanol–water partition coefficient (Wildman–Crippen LogP) is 1.69. The van der Waals surface area contributed by atoms with Gasteiger partial charge in [0.05, 0.1) is 6.54 Å². The van der Waals surface area contributed by atoms with E-state index in [0.717, 1.165) is 16.9 Å². The Bertz CT molecular complexity index is 605. The monoisotopic (exact) mass is 258 g/mol. The average Bonchev–Trinajstić information content (AvgIpc) is 2.42. The van der Waals surface area contributed by atoms with E-state index < -0.39 is 0 Å². The van der Waals surface area contributed by atoms with Gasteiger partial charge in [-0.2, -0.15) is 0 Å². The first-order valence-corrected chi connectivity index (χ1v) is 6.28. The quantitative estimate of drug-likeness (QED) is 0.888. The summed E-state index contributed by atoms with van der Waals surface area (Å²) >= 11 is 0. The molecule has 0 amide bonds. The summed E-state index contributed by atoms with van der Waals surface area (Å²) in [5, 5.41) is 0. The van der Waals surface area contributed by atoms with Gasteiger partial charge in [-0.15, -0.1) is 0 Å². The van der Waals surface area contributed by atoms with Crippen LogP contribution in [-0.4, -0.2) is 11.2 Å². The van der Waals surface area contributed by atoms with Gasteiger partial charge in [-0.05, 0) is 19.1 Å². The van der Waals surface area contributed by atoms with Crippen LogP contribution >= 0.6 is 0 Å². The first-order valence-electron chi connectivity index (χ1n) is 6.28. The number of aromatic nitrogens is 1. The minimum Gasteiger partial charge on any atom is -0.491 e. The fourth-order valence-electron chi connectivity index (χ4n) is 1.91. The van der Waals surface area contributed by atoms with Crippen LogP contribution in [0, 0.1) is 6.92 Å². The van der Waals surface area contributed by atoms with E-state index in [-0.39, 0.29) is 5.56 Å². The van der Waals surface area contributed by atoms with Gasteiger partial charge >= 0.3 is 0 Å². The zero-order valence-corrected chi connectivity index (χ0v) is 11.0. The molecule has 0 atom stereocenters. The van der Waals surface area contributed by atoms with Crippen LogP contribution in [0.15, 0.2) is 47.4 Å². The lowest BCUT2D eigenvalue weighted by Gasteiger charge is -2.12. The summed E-state index contributed by atoms with van der Waals surface area (Å²) in [5.41, 5.74) is 7.82. The molecule has 0 unspecified atom stereocenters. The highest BCUT2D eigenvalue weighted by Crippen LogP contribution is 2.19. The van der Waals surface area contributed by atoms with E-state index in [2.05, 4.69) is 0 Å². The van der Waals surface area contributed by atoms with Crippen molar-refractivity contribution in [3.05, 3.63) is 64.1 Å². The summed E-state index contributed by atoms with van der Waals surface area (Å²) in [6.45, 7) is 3.44. The number of rotatable bonds is 5. The van der Waals surface area contributed by atoms with E-state index in [4.69, 9.17) is 10.5 Å². The number of benzene rings is 1. The molecule has 0 aliphatic rings. The van der Waals surface area contributed by atoms with Gasteiger partial charge in [0.1, 0.15) is 12.4 Å². The number of hydrogen-bond acceptors (Lipinski definition) is 3. The molecule has 2 rings (SSSR count). The zero-order chi connectivity index (χ0) is 13.7. The summed E-state index contributed by atoms with van der Waals surface area (Å²) in [4.78, 5) is 11.5. The maximum absolute atomic E-state index is 11.5. The van der Waals surface area contributed by atoms with Crippen molar-refractivity contribution in [2.75, 3.05) is 6.61 Å². The second kappa shape index (κ2) is 6.20. The molecular weight excluding hydrogens is 240 g/mol. The highest BCUT2D eigenvalue weighted by Gasteiger charge is 2.02. The summed E-state index contributed by atoms with van der Waals surface area (Å²) < 4.78 is 7.32. The maximum Gasteiger partial charge on any atom is 0.250 e. The highest BCUT2D eigenvalue weighted by molar-refractivity contribution is 5.36. The van der Waals surface area contributed by atoms with Crippen LogP contribution in [0.2, 0.25) is 0 Å². The van der Waals surface area contributed by atoms with Crippen LogP contribution in [0.5, 0.6) is 5.75 Å². The molecule has 0 fully saturated rings. The zero-order valence-electron chi connectivity index (χ0n) is 11.0. The van der Waals surface area contributed by atoms with Gasteiger partial charge in [0, 0.05) is 24.4 Å². The first kappa shape index (κ1) is 13.4. The molecule has 1 aromatic carbocycles. The van der Waals surface area contributed by atoms with Crippen LogP contribution in [-0.2, 0) is 13.1 Å². The molecule has 100 valence electrons. The number of nitrogens with zero attached hydrogens (tertiary/aromatic N) is 1. The van der Waals surface area contributed by atoms with Crippen molar-refractivity contribution >= 4 is 0 Å². The average molecular weight is 258 g/mol. The van der Waals surface area contributed by atoms with Gasteiger partial charge < -0.3 is 15.0 Å². The van der Waals surface area contributed by atoms with Crippen molar-refractivity contribution < 1.29 is 4.74 Å². The molecule has 1 heterocycles. The van der Waals surface area contributed by atoms with E-state index in [1.165, 1.54) is 6.07 Å². The molecule has 1 aromatic heterocycles. The summed E-state index contributed by atoms with van der Waals surface area (Å²) in [5.74, 6) is 0.789. The molecule has 19 heavy (non-hydrogen) atoms. The van der Waals surface area contributed by atoms with Gasteiger partial charge in [0.15, 0.2) is 0 Å². The van der Waals surface area contributed by atoms with E-state index in [1.807, 2.05) is 31.2 Å². The molecule has 0 saturated carbocycles. The van der Waals surface area contributed by atoms with Crippen molar-refractivity contribution in [3.8, 4) is 5.75 Å². The Morgan fingerprint density at radius 1 is 1.26 bits per heavy atom. The van der Waals surface area contributed by atoms with Crippen molar-refractivity contribution in [1.82, 2.24) is 4.57 Å². The van der Waals surface area contributed by atoms with Crippen LogP contribution in [0.4, 0.5) is 0 Å². The number of pyridine rings is 1. The molecule has 0 aliphatic carbocycles. The second-order valence-electron chi connectivity index (χ2n) is 4.40. The summed E-state index contributed by atoms with van der Waals surface area (Å²) in [7, 11) is 0. The Balaban J connectivity index is 2.00. The minimum atomic E-state index is -0.0194. The number of aryl methyl sites for hydroxylation is 1. The maximum atomic E-state index is 11.5. The highest BCUT2D eigenvalue weighted by atomic mass is 16.5. The molecule has 2 aromatic rings. The van der Waals surface area contributed by atoms with E-state index >= 15 is 0 Å². The molecule has 0 bridgehead atoms. The Morgan fingerprint density at radius 2 is 2.11 bits per heavy atom. The molecule has 2 N–H and O–H groups in total. The van der Waals surface area contributed by atoms with Crippen molar-refractivity contribution in [1.29, 1.82) is 0 Å². The summed E-state index contributed by atoms with van der Waals surface area (Å²) in [6, 6.07) is 11.0. The van der Waals surface area contributed by atoms with Gasteiger partial charge in [0.2, 0.25) is 0 Å². The Kier molecular flexibility index (Phi) is 4.36. The fourth-order valence-corrected chi connectivity index (χ4v) is 1.91.